The summed E-state index contributed by atoms with van der Waals surface area (Å²) in [5.41, 5.74) is -1.13. The SMILES string of the molecule is CN(CCO)C1(CNc2nccc(C(F)(F)F)n2)CCCCC1. The van der Waals surface area contributed by atoms with Crippen LogP contribution in [0.15, 0.2) is 12.3 Å². The van der Waals surface area contributed by atoms with Crippen LogP contribution in [0.3, 0.4) is 0 Å². The van der Waals surface area contributed by atoms with Crippen molar-refractivity contribution in [2.45, 2.75) is 43.8 Å². The molecule has 1 heterocycles. The minimum absolute atomic E-state index is 0.0119. The van der Waals surface area contributed by atoms with E-state index in [-0.39, 0.29) is 18.1 Å². The molecule has 0 aromatic carbocycles. The van der Waals surface area contributed by atoms with Gasteiger partial charge in [-0.25, -0.2) is 9.97 Å². The number of nitrogens with zero attached hydrogens (tertiary/aromatic N) is 3. The van der Waals surface area contributed by atoms with Gasteiger partial charge in [0.1, 0.15) is 5.69 Å². The normalized spacial score (nSPS) is 18.2. The van der Waals surface area contributed by atoms with E-state index in [0.29, 0.717) is 13.1 Å². The average molecular weight is 332 g/mol. The van der Waals surface area contributed by atoms with Crippen molar-refractivity contribution in [3.05, 3.63) is 18.0 Å². The molecule has 1 fully saturated rings. The summed E-state index contributed by atoms with van der Waals surface area (Å²) in [5, 5.41) is 12.1. The number of aliphatic hydroxyl groups is 1. The number of alkyl halides is 3. The molecule has 0 saturated heterocycles. The number of halogens is 3. The van der Waals surface area contributed by atoms with Gasteiger partial charge < -0.3 is 10.4 Å². The highest BCUT2D eigenvalue weighted by Crippen LogP contribution is 2.33. The summed E-state index contributed by atoms with van der Waals surface area (Å²) in [6.07, 6.45) is 1.82. The number of rotatable bonds is 6. The van der Waals surface area contributed by atoms with E-state index in [0.717, 1.165) is 44.4 Å². The zero-order chi connectivity index (χ0) is 16.9. The van der Waals surface area contributed by atoms with Gasteiger partial charge in [0.2, 0.25) is 5.95 Å². The molecule has 130 valence electrons. The molecule has 2 rings (SSSR count). The molecule has 0 amide bonds. The van der Waals surface area contributed by atoms with Crippen LogP contribution in [0.4, 0.5) is 19.1 Å². The van der Waals surface area contributed by atoms with Gasteiger partial charge in [-0.2, -0.15) is 13.2 Å². The van der Waals surface area contributed by atoms with Crippen LogP contribution in [-0.2, 0) is 6.18 Å². The molecule has 23 heavy (non-hydrogen) atoms. The maximum absolute atomic E-state index is 12.7. The molecule has 0 unspecified atom stereocenters. The van der Waals surface area contributed by atoms with E-state index in [1.807, 2.05) is 7.05 Å². The molecule has 1 aliphatic rings. The van der Waals surface area contributed by atoms with Gasteiger partial charge in [-0.15, -0.1) is 0 Å². The molecule has 8 heteroatoms. The van der Waals surface area contributed by atoms with Crippen LogP contribution in [-0.4, -0.2) is 52.3 Å². The Labute approximate surface area is 133 Å². The molecule has 0 radical (unpaired) electrons. The first-order valence-corrected chi connectivity index (χ1v) is 7.84. The number of likely N-dealkylation sites (N-methyl/N-ethyl adjacent to an activating group) is 1. The van der Waals surface area contributed by atoms with Crippen molar-refractivity contribution in [1.29, 1.82) is 0 Å². The Hall–Kier alpha value is -1.41. The summed E-state index contributed by atoms with van der Waals surface area (Å²) in [6.45, 7) is 1.05. The summed E-state index contributed by atoms with van der Waals surface area (Å²) in [7, 11) is 1.94. The van der Waals surface area contributed by atoms with Crippen LogP contribution in [0.25, 0.3) is 0 Å². The third kappa shape index (κ3) is 4.54. The van der Waals surface area contributed by atoms with E-state index >= 15 is 0 Å². The third-order valence-electron chi connectivity index (χ3n) is 4.55. The Morgan fingerprint density at radius 1 is 1.30 bits per heavy atom. The van der Waals surface area contributed by atoms with Crippen molar-refractivity contribution in [3.8, 4) is 0 Å². The first-order chi connectivity index (χ1) is 10.9. The first-order valence-electron chi connectivity index (χ1n) is 7.84. The number of nitrogens with one attached hydrogen (secondary N) is 1. The molecule has 1 aliphatic carbocycles. The van der Waals surface area contributed by atoms with Crippen molar-refractivity contribution in [1.82, 2.24) is 14.9 Å². The highest BCUT2D eigenvalue weighted by atomic mass is 19.4. The maximum Gasteiger partial charge on any atom is 0.433 e. The van der Waals surface area contributed by atoms with Crippen molar-refractivity contribution < 1.29 is 18.3 Å². The second kappa shape index (κ2) is 7.44. The fraction of sp³-hybridized carbons (Fsp3) is 0.733. The fourth-order valence-corrected chi connectivity index (χ4v) is 3.14. The van der Waals surface area contributed by atoms with Gasteiger partial charge in [0.25, 0.3) is 0 Å². The Balaban J connectivity index is 2.09. The van der Waals surface area contributed by atoms with Crippen LogP contribution >= 0.6 is 0 Å². The molecular formula is C15H23F3N4O. The molecular weight excluding hydrogens is 309 g/mol. The number of β-amino-alcohol motifs (C(OH)–C–C–N with tert-alkyl or cyclic N) is 1. The first kappa shape index (κ1) is 17.9. The van der Waals surface area contributed by atoms with Gasteiger partial charge in [-0.1, -0.05) is 19.3 Å². The maximum atomic E-state index is 12.7. The summed E-state index contributed by atoms with van der Waals surface area (Å²) < 4.78 is 38.1. The van der Waals surface area contributed by atoms with Crippen molar-refractivity contribution in [3.63, 3.8) is 0 Å². The Morgan fingerprint density at radius 3 is 2.61 bits per heavy atom. The van der Waals surface area contributed by atoms with Crippen LogP contribution in [0.2, 0.25) is 0 Å². The number of anilines is 1. The standard InChI is InChI=1S/C15H23F3N4O/c1-22(9-10-23)14(6-3-2-4-7-14)11-20-13-19-8-5-12(21-13)15(16,17)18/h5,8,23H,2-4,6-7,9-11H2,1H3,(H,19,20,21). The van der Waals surface area contributed by atoms with E-state index < -0.39 is 11.9 Å². The van der Waals surface area contributed by atoms with Crippen LogP contribution in [0.1, 0.15) is 37.8 Å². The lowest BCUT2D eigenvalue weighted by Gasteiger charge is -2.44. The highest BCUT2D eigenvalue weighted by molar-refractivity contribution is 5.27. The topological polar surface area (TPSA) is 61.3 Å². The van der Waals surface area contributed by atoms with E-state index in [1.54, 1.807) is 0 Å². The van der Waals surface area contributed by atoms with E-state index in [1.165, 1.54) is 0 Å². The lowest BCUT2D eigenvalue weighted by atomic mass is 9.80. The van der Waals surface area contributed by atoms with Gasteiger partial charge in [0.05, 0.1) is 6.61 Å². The number of aromatic nitrogens is 2. The fourth-order valence-electron chi connectivity index (χ4n) is 3.14. The molecule has 5 nitrogen and oxygen atoms in total. The molecule has 1 saturated carbocycles. The molecule has 1 aromatic rings. The van der Waals surface area contributed by atoms with Crippen LogP contribution < -0.4 is 5.32 Å². The second-order valence-corrected chi connectivity index (χ2v) is 6.05. The molecule has 0 atom stereocenters. The van der Waals surface area contributed by atoms with E-state index in [2.05, 4.69) is 20.2 Å². The Bertz CT molecular complexity index is 504. The minimum Gasteiger partial charge on any atom is -0.395 e. The van der Waals surface area contributed by atoms with Crippen LogP contribution in [0.5, 0.6) is 0 Å². The number of hydrogen-bond acceptors (Lipinski definition) is 5. The summed E-state index contributed by atoms with van der Waals surface area (Å²) in [4.78, 5) is 9.52. The average Bonchev–Trinajstić information content (AvgIpc) is 2.53. The monoisotopic (exact) mass is 332 g/mol. The quantitative estimate of drug-likeness (QED) is 0.838. The predicted molar refractivity (Wildman–Crippen MR) is 81.1 cm³/mol. The number of aliphatic hydroxyl groups excluding tert-OH is 1. The van der Waals surface area contributed by atoms with Gasteiger partial charge >= 0.3 is 6.18 Å². The van der Waals surface area contributed by atoms with Gasteiger partial charge in [-0.05, 0) is 26.0 Å². The molecule has 0 spiro atoms. The van der Waals surface area contributed by atoms with Crippen LogP contribution in [0, 0.1) is 0 Å². The zero-order valence-electron chi connectivity index (χ0n) is 13.2. The molecule has 0 bridgehead atoms. The molecule has 1 aromatic heterocycles. The summed E-state index contributed by atoms with van der Waals surface area (Å²) in [5.74, 6) is -0.0119. The number of hydrogen-bond donors (Lipinski definition) is 2. The van der Waals surface area contributed by atoms with Gasteiger partial charge in [-0.3, -0.25) is 4.90 Å². The van der Waals surface area contributed by atoms with Crippen molar-refractivity contribution in [2.24, 2.45) is 0 Å². The lowest BCUT2D eigenvalue weighted by molar-refractivity contribution is -0.141. The van der Waals surface area contributed by atoms with Gasteiger partial charge in [0, 0.05) is 24.8 Å². The summed E-state index contributed by atoms with van der Waals surface area (Å²) >= 11 is 0. The second-order valence-electron chi connectivity index (χ2n) is 6.05. The van der Waals surface area contributed by atoms with Crippen molar-refractivity contribution >= 4 is 5.95 Å². The van der Waals surface area contributed by atoms with E-state index in [9.17, 15) is 18.3 Å². The largest absolute Gasteiger partial charge is 0.433 e. The smallest absolute Gasteiger partial charge is 0.395 e. The van der Waals surface area contributed by atoms with Gasteiger partial charge in [0.15, 0.2) is 0 Å². The molecule has 2 N–H and O–H groups in total. The highest BCUT2D eigenvalue weighted by Gasteiger charge is 2.36. The molecule has 0 aliphatic heterocycles. The minimum atomic E-state index is -4.48. The predicted octanol–water partition coefficient (Wildman–Crippen LogP) is 2.53. The third-order valence-corrected chi connectivity index (χ3v) is 4.55. The summed E-state index contributed by atoms with van der Waals surface area (Å²) in [6, 6.07) is 0.861. The Kier molecular flexibility index (Phi) is 5.80. The zero-order valence-corrected chi connectivity index (χ0v) is 13.2. The Morgan fingerprint density at radius 2 is 2.00 bits per heavy atom. The lowest BCUT2D eigenvalue weighted by Crippen LogP contribution is -2.53. The van der Waals surface area contributed by atoms with Crippen molar-refractivity contribution in [2.75, 3.05) is 32.1 Å². The van der Waals surface area contributed by atoms with E-state index in [4.69, 9.17) is 0 Å².